The van der Waals surface area contributed by atoms with Crippen LogP contribution >= 0.6 is 0 Å². The van der Waals surface area contributed by atoms with Gasteiger partial charge in [0.1, 0.15) is 6.04 Å². The first-order valence-corrected chi connectivity index (χ1v) is 9.37. The molecule has 122 valence electrons. The monoisotopic (exact) mass is 324 g/mol. The molecule has 1 aromatic carbocycles. The van der Waals surface area contributed by atoms with Gasteiger partial charge in [-0.15, -0.1) is 0 Å². The fourth-order valence-corrected chi connectivity index (χ4v) is 4.59. The smallest absolute Gasteiger partial charge is 0.238 e. The summed E-state index contributed by atoms with van der Waals surface area (Å²) >= 11 is 0. The SMILES string of the molecule is CCCS(=O)(=O)N1CCCC1C(=O)NCc1cccc(C)c1. The normalized spacial score (nSPS) is 19.3. The summed E-state index contributed by atoms with van der Waals surface area (Å²) in [5.41, 5.74) is 2.16. The topological polar surface area (TPSA) is 66.5 Å². The van der Waals surface area contributed by atoms with Crippen molar-refractivity contribution >= 4 is 15.9 Å². The Hall–Kier alpha value is -1.40. The molecule has 1 aliphatic heterocycles. The zero-order valence-electron chi connectivity index (χ0n) is 13.2. The van der Waals surface area contributed by atoms with Gasteiger partial charge in [-0.05, 0) is 31.7 Å². The lowest BCUT2D eigenvalue weighted by molar-refractivity contribution is -0.124. The van der Waals surface area contributed by atoms with Gasteiger partial charge in [0.2, 0.25) is 15.9 Å². The van der Waals surface area contributed by atoms with E-state index in [1.165, 1.54) is 4.31 Å². The van der Waals surface area contributed by atoms with E-state index in [1.54, 1.807) is 0 Å². The molecule has 0 radical (unpaired) electrons. The number of benzene rings is 1. The van der Waals surface area contributed by atoms with Crippen LogP contribution in [0.2, 0.25) is 0 Å². The predicted molar refractivity (Wildman–Crippen MR) is 86.8 cm³/mol. The van der Waals surface area contributed by atoms with Crippen molar-refractivity contribution in [3.63, 3.8) is 0 Å². The number of aryl methyl sites for hydroxylation is 1. The Morgan fingerprint density at radius 3 is 2.86 bits per heavy atom. The van der Waals surface area contributed by atoms with E-state index < -0.39 is 16.1 Å². The van der Waals surface area contributed by atoms with Crippen LogP contribution < -0.4 is 5.32 Å². The van der Waals surface area contributed by atoms with Gasteiger partial charge in [0.05, 0.1) is 5.75 Å². The van der Waals surface area contributed by atoms with E-state index in [0.29, 0.717) is 25.9 Å². The summed E-state index contributed by atoms with van der Waals surface area (Å²) < 4.78 is 25.8. The average Bonchev–Trinajstić information content (AvgIpc) is 2.95. The quantitative estimate of drug-likeness (QED) is 0.868. The molecule has 1 amide bonds. The Bertz CT molecular complexity index is 628. The lowest BCUT2D eigenvalue weighted by Crippen LogP contribution is -2.46. The van der Waals surface area contributed by atoms with Gasteiger partial charge in [0.15, 0.2) is 0 Å². The van der Waals surface area contributed by atoms with Gasteiger partial charge in [-0.25, -0.2) is 8.42 Å². The minimum Gasteiger partial charge on any atom is -0.351 e. The van der Waals surface area contributed by atoms with E-state index in [2.05, 4.69) is 5.32 Å². The Kier molecular flexibility index (Phi) is 5.58. The zero-order valence-corrected chi connectivity index (χ0v) is 14.0. The summed E-state index contributed by atoms with van der Waals surface area (Å²) in [5, 5.41) is 2.87. The number of sulfonamides is 1. The Balaban J connectivity index is 1.99. The van der Waals surface area contributed by atoms with Crippen LogP contribution in [0.15, 0.2) is 24.3 Å². The molecule has 1 heterocycles. The van der Waals surface area contributed by atoms with Gasteiger partial charge in [0, 0.05) is 13.1 Å². The third-order valence-electron chi connectivity index (χ3n) is 3.87. The Morgan fingerprint density at radius 2 is 2.18 bits per heavy atom. The molecule has 2 rings (SSSR count). The largest absolute Gasteiger partial charge is 0.351 e. The van der Waals surface area contributed by atoms with Crippen LogP contribution in [0.25, 0.3) is 0 Å². The molecule has 0 aromatic heterocycles. The van der Waals surface area contributed by atoms with Crippen LogP contribution in [0.3, 0.4) is 0 Å². The average molecular weight is 324 g/mol. The minimum atomic E-state index is -3.32. The Morgan fingerprint density at radius 1 is 1.41 bits per heavy atom. The molecule has 6 heteroatoms. The number of nitrogens with zero attached hydrogens (tertiary/aromatic N) is 1. The number of carbonyl (C=O) groups excluding carboxylic acids is 1. The van der Waals surface area contributed by atoms with Crippen molar-refractivity contribution in [2.24, 2.45) is 0 Å². The van der Waals surface area contributed by atoms with Crippen LogP contribution in [0, 0.1) is 6.92 Å². The van der Waals surface area contributed by atoms with Crippen molar-refractivity contribution in [2.45, 2.75) is 45.7 Å². The molecule has 1 saturated heterocycles. The van der Waals surface area contributed by atoms with Gasteiger partial charge in [0.25, 0.3) is 0 Å². The van der Waals surface area contributed by atoms with Gasteiger partial charge in [-0.1, -0.05) is 36.8 Å². The standard InChI is InChI=1S/C16H24N2O3S/c1-3-10-22(20,21)18-9-5-8-15(18)16(19)17-12-14-7-4-6-13(2)11-14/h4,6-7,11,15H,3,5,8-10,12H2,1-2H3,(H,17,19). The van der Waals surface area contributed by atoms with Gasteiger partial charge in [-0.3, -0.25) is 4.79 Å². The first-order valence-electron chi connectivity index (χ1n) is 7.77. The summed E-state index contributed by atoms with van der Waals surface area (Å²) in [7, 11) is -3.32. The zero-order chi connectivity index (χ0) is 16.2. The molecule has 1 aromatic rings. The highest BCUT2D eigenvalue weighted by atomic mass is 32.2. The van der Waals surface area contributed by atoms with Crippen LogP contribution in [0.4, 0.5) is 0 Å². The first-order chi connectivity index (χ1) is 10.4. The Labute approximate surface area is 132 Å². The first kappa shape index (κ1) is 17.0. The number of rotatable bonds is 6. The van der Waals surface area contributed by atoms with Gasteiger partial charge < -0.3 is 5.32 Å². The van der Waals surface area contributed by atoms with Crippen LogP contribution in [0.5, 0.6) is 0 Å². The van der Waals surface area contributed by atoms with Gasteiger partial charge >= 0.3 is 0 Å². The van der Waals surface area contributed by atoms with E-state index >= 15 is 0 Å². The third kappa shape index (κ3) is 4.08. The maximum Gasteiger partial charge on any atom is 0.238 e. The lowest BCUT2D eigenvalue weighted by Gasteiger charge is -2.23. The molecule has 0 spiro atoms. The van der Waals surface area contributed by atoms with E-state index in [9.17, 15) is 13.2 Å². The predicted octanol–water partition coefficient (Wildman–Crippen LogP) is 1.82. The summed E-state index contributed by atoms with van der Waals surface area (Å²) in [4.78, 5) is 12.3. The minimum absolute atomic E-state index is 0.106. The number of hydrogen-bond acceptors (Lipinski definition) is 3. The molecular weight excluding hydrogens is 300 g/mol. The fourth-order valence-electron chi connectivity index (χ4n) is 2.84. The van der Waals surface area contributed by atoms with Crippen LogP contribution in [-0.4, -0.2) is 37.0 Å². The molecule has 0 aliphatic carbocycles. The summed E-state index contributed by atoms with van der Waals surface area (Å²) in [5.74, 6) is -0.0898. The third-order valence-corrected chi connectivity index (χ3v) is 5.95. The summed E-state index contributed by atoms with van der Waals surface area (Å²) in [6.07, 6.45) is 1.91. The van der Waals surface area contributed by atoms with Crippen molar-refractivity contribution in [3.8, 4) is 0 Å². The maximum atomic E-state index is 12.3. The number of amides is 1. The summed E-state index contributed by atoms with van der Waals surface area (Å²) in [6.45, 7) is 4.71. The highest BCUT2D eigenvalue weighted by molar-refractivity contribution is 7.89. The molecule has 1 N–H and O–H groups in total. The van der Waals surface area contributed by atoms with Gasteiger partial charge in [-0.2, -0.15) is 4.31 Å². The molecular formula is C16H24N2O3S. The van der Waals surface area contributed by atoms with Crippen molar-refractivity contribution in [1.29, 1.82) is 0 Å². The second kappa shape index (κ2) is 7.24. The molecule has 5 nitrogen and oxygen atoms in total. The van der Waals surface area contributed by atoms with Crippen molar-refractivity contribution in [3.05, 3.63) is 35.4 Å². The molecule has 1 fully saturated rings. The van der Waals surface area contributed by atoms with Crippen molar-refractivity contribution in [1.82, 2.24) is 9.62 Å². The molecule has 1 atom stereocenters. The summed E-state index contributed by atoms with van der Waals surface area (Å²) in [6, 6.07) is 7.36. The second-order valence-corrected chi connectivity index (χ2v) is 7.83. The van der Waals surface area contributed by atoms with E-state index in [-0.39, 0.29) is 11.7 Å². The van der Waals surface area contributed by atoms with E-state index in [1.807, 2.05) is 38.1 Å². The molecule has 0 bridgehead atoms. The van der Waals surface area contributed by atoms with Crippen molar-refractivity contribution < 1.29 is 13.2 Å². The number of carbonyl (C=O) groups is 1. The lowest BCUT2D eigenvalue weighted by atomic mass is 10.1. The molecule has 22 heavy (non-hydrogen) atoms. The highest BCUT2D eigenvalue weighted by Gasteiger charge is 2.37. The van der Waals surface area contributed by atoms with E-state index in [4.69, 9.17) is 0 Å². The fraction of sp³-hybridized carbons (Fsp3) is 0.562. The molecule has 0 saturated carbocycles. The molecule has 1 unspecified atom stereocenters. The highest BCUT2D eigenvalue weighted by Crippen LogP contribution is 2.22. The van der Waals surface area contributed by atoms with Crippen LogP contribution in [0.1, 0.15) is 37.3 Å². The second-order valence-electron chi connectivity index (χ2n) is 5.79. The van der Waals surface area contributed by atoms with E-state index in [0.717, 1.165) is 17.5 Å². The maximum absolute atomic E-state index is 12.3. The van der Waals surface area contributed by atoms with Crippen LogP contribution in [-0.2, 0) is 21.4 Å². The van der Waals surface area contributed by atoms with Crippen molar-refractivity contribution in [2.75, 3.05) is 12.3 Å². The molecule has 1 aliphatic rings. The number of nitrogens with one attached hydrogen (secondary N) is 1. The number of hydrogen-bond donors (Lipinski definition) is 1.